The summed E-state index contributed by atoms with van der Waals surface area (Å²) in [4.78, 5) is 31.8. The molecule has 2 amide bonds. The highest BCUT2D eigenvalue weighted by Crippen LogP contribution is 2.31. The zero-order valence-electron chi connectivity index (χ0n) is 12.6. The van der Waals surface area contributed by atoms with Crippen LogP contribution in [0.3, 0.4) is 0 Å². The summed E-state index contributed by atoms with van der Waals surface area (Å²) >= 11 is 0. The summed E-state index contributed by atoms with van der Waals surface area (Å²) in [6, 6.07) is 1.92. The Labute approximate surface area is 124 Å². The molecule has 0 N–H and O–H groups in total. The lowest BCUT2D eigenvalue weighted by Crippen LogP contribution is -2.35. The van der Waals surface area contributed by atoms with Crippen LogP contribution >= 0.6 is 0 Å². The summed E-state index contributed by atoms with van der Waals surface area (Å²) in [7, 11) is 0. The van der Waals surface area contributed by atoms with E-state index in [1.54, 1.807) is 19.3 Å². The Morgan fingerprint density at radius 2 is 1.81 bits per heavy atom. The summed E-state index contributed by atoms with van der Waals surface area (Å²) < 4.78 is 0. The minimum absolute atomic E-state index is 0.148. The van der Waals surface area contributed by atoms with E-state index in [2.05, 4.69) is 4.98 Å². The number of hydrogen-bond acceptors (Lipinski definition) is 3. The lowest BCUT2D eigenvalue weighted by atomic mass is 10.0. The van der Waals surface area contributed by atoms with E-state index < -0.39 is 0 Å². The third-order valence-electron chi connectivity index (χ3n) is 4.76. The Hall–Kier alpha value is -1.91. The van der Waals surface area contributed by atoms with Gasteiger partial charge in [0, 0.05) is 57.3 Å². The second-order valence-electron chi connectivity index (χ2n) is 6.22. The fourth-order valence-electron chi connectivity index (χ4n) is 3.43. The lowest BCUT2D eigenvalue weighted by molar-refractivity contribution is -0.130. The molecule has 2 saturated heterocycles. The molecule has 21 heavy (non-hydrogen) atoms. The topological polar surface area (TPSA) is 53.5 Å². The van der Waals surface area contributed by atoms with Gasteiger partial charge in [-0.2, -0.15) is 0 Å². The minimum atomic E-state index is 0.148. The lowest BCUT2D eigenvalue weighted by Gasteiger charge is -2.21. The van der Waals surface area contributed by atoms with Gasteiger partial charge in [0.15, 0.2) is 0 Å². The van der Waals surface area contributed by atoms with Crippen molar-refractivity contribution in [2.45, 2.75) is 20.3 Å². The summed E-state index contributed by atoms with van der Waals surface area (Å²) in [5.41, 5.74) is 2.12. The second-order valence-corrected chi connectivity index (χ2v) is 6.22. The van der Waals surface area contributed by atoms with Gasteiger partial charge in [0.2, 0.25) is 11.8 Å². The van der Waals surface area contributed by atoms with Crippen LogP contribution in [0.4, 0.5) is 0 Å². The van der Waals surface area contributed by atoms with Crippen molar-refractivity contribution in [1.29, 1.82) is 0 Å². The highest BCUT2D eigenvalue weighted by molar-refractivity contribution is 5.79. The summed E-state index contributed by atoms with van der Waals surface area (Å²) in [5, 5.41) is 0. The van der Waals surface area contributed by atoms with Crippen LogP contribution in [-0.2, 0) is 16.0 Å². The average Bonchev–Trinajstić information content (AvgIpc) is 2.99. The van der Waals surface area contributed by atoms with Crippen LogP contribution in [0.25, 0.3) is 0 Å². The molecular formula is C16H21N3O2. The maximum Gasteiger partial charge on any atom is 0.227 e. The van der Waals surface area contributed by atoms with Crippen molar-refractivity contribution in [2.75, 3.05) is 26.2 Å². The number of pyridine rings is 1. The molecular weight excluding hydrogens is 266 g/mol. The number of carbonyl (C=O) groups excluding carboxylic acids is 2. The minimum Gasteiger partial charge on any atom is -0.342 e. The van der Waals surface area contributed by atoms with Gasteiger partial charge in [-0.25, -0.2) is 0 Å². The van der Waals surface area contributed by atoms with E-state index in [1.807, 2.05) is 22.8 Å². The second kappa shape index (κ2) is 5.47. The third kappa shape index (κ3) is 2.77. The monoisotopic (exact) mass is 287 g/mol. The van der Waals surface area contributed by atoms with Gasteiger partial charge in [0.25, 0.3) is 0 Å². The van der Waals surface area contributed by atoms with E-state index >= 15 is 0 Å². The fourth-order valence-corrected chi connectivity index (χ4v) is 3.43. The van der Waals surface area contributed by atoms with Gasteiger partial charge in [-0.3, -0.25) is 14.6 Å². The molecule has 2 aliphatic heterocycles. The number of rotatable bonds is 2. The van der Waals surface area contributed by atoms with Gasteiger partial charge in [-0.05, 0) is 24.1 Å². The van der Waals surface area contributed by atoms with Crippen molar-refractivity contribution < 1.29 is 9.59 Å². The molecule has 2 aliphatic rings. The van der Waals surface area contributed by atoms with Crippen LogP contribution < -0.4 is 0 Å². The van der Waals surface area contributed by atoms with Crippen molar-refractivity contribution in [3.05, 3.63) is 29.6 Å². The number of carbonyl (C=O) groups is 2. The summed E-state index contributed by atoms with van der Waals surface area (Å²) in [5.74, 6) is 1.25. The van der Waals surface area contributed by atoms with Crippen molar-refractivity contribution in [2.24, 2.45) is 11.8 Å². The van der Waals surface area contributed by atoms with Crippen molar-refractivity contribution in [1.82, 2.24) is 14.8 Å². The van der Waals surface area contributed by atoms with E-state index in [1.165, 1.54) is 0 Å². The molecule has 112 valence electrons. The SMILES string of the molecule is CC(=O)N1C[C@@H]2CN(C(=O)Cc3ccncc3C)C[C@@H]2C1. The first kappa shape index (κ1) is 14.0. The summed E-state index contributed by atoms with van der Waals surface area (Å²) in [6.07, 6.45) is 3.98. The predicted molar refractivity (Wildman–Crippen MR) is 78.5 cm³/mol. The van der Waals surface area contributed by atoms with Gasteiger partial charge in [0.05, 0.1) is 6.42 Å². The first-order chi connectivity index (χ1) is 10.0. The molecule has 0 bridgehead atoms. The number of amides is 2. The maximum atomic E-state index is 12.4. The molecule has 0 aromatic carbocycles. The van der Waals surface area contributed by atoms with E-state index in [0.717, 1.165) is 37.3 Å². The Morgan fingerprint density at radius 1 is 1.19 bits per heavy atom. The molecule has 0 spiro atoms. The molecule has 5 nitrogen and oxygen atoms in total. The number of aryl methyl sites for hydroxylation is 1. The Kier molecular flexibility index (Phi) is 3.66. The number of aromatic nitrogens is 1. The molecule has 5 heteroatoms. The van der Waals surface area contributed by atoms with E-state index in [9.17, 15) is 9.59 Å². The van der Waals surface area contributed by atoms with Crippen LogP contribution in [0.15, 0.2) is 18.5 Å². The van der Waals surface area contributed by atoms with Gasteiger partial charge < -0.3 is 9.80 Å². The molecule has 3 heterocycles. The van der Waals surface area contributed by atoms with Crippen molar-refractivity contribution in [3.8, 4) is 0 Å². The Bertz CT molecular complexity index is 558. The largest absolute Gasteiger partial charge is 0.342 e. The Morgan fingerprint density at radius 3 is 2.38 bits per heavy atom. The fraction of sp³-hybridized carbons (Fsp3) is 0.562. The third-order valence-corrected chi connectivity index (χ3v) is 4.76. The molecule has 1 aromatic heterocycles. The van der Waals surface area contributed by atoms with E-state index in [-0.39, 0.29) is 11.8 Å². The quantitative estimate of drug-likeness (QED) is 0.811. The first-order valence-electron chi connectivity index (χ1n) is 7.47. The standard InChI is InChI=1S/C16H21N3O2/c1-11-6-17-4-3-13(11)5-16(21)19-9-14-7-18(12(2)20)8-15(14)10-19/h3-4,6,14-15H,5,7-10H2,1-2H3/t14-,15+. The van der Waals surface area contributed by atoms with Crippen LogP contribution in [0.2, 0.25) is 0 Å². The van der Waals surface area contributed by atoms with Crippen molar-refractivity contribution >= 4 is 11.8 Å². The zero-order valence-corrected chi connectivity index (χ0v) is 12.6. The van der Waals surface area contributed by atoms with Crippen LogP contribution in [0.1, 0.15) is 18.1 Å². The van der Waals surface area contributed by atoms with Gasteiger partial charge in [0.1, 0.15) is 0 Å². The number of nitrogens with zero attached hydrogens (tertiary/aromatic N) is 3. The van der Waals surface area contributed by atoms with Gasteiger partial charge >= 0.3 is 0 Å². The predicted octanol–water partition coefficient (Wildman–Crippen LogP) is 0.869. The molecule has 1 aromatic rings. The maximum absolute atomic E-state index is 12.4. The smallest absolute Gasteiger partial charge is 0.227 e. The molecule has 3 rings (SSSR count). The van der Waals surface area contributed by atoms with E-state index in [4.69, 9.17) is 0 Å². The van der Waals surface area contributed by atoms with Crippen LogP contribution in [-0.4, -0.2) is 52.8 Å². The Balaban J connectivity index is 1.60. The zero-order chi connectivity index (χ0) is 15.0. The first-order valence-corrected chi connectivity index (χ1v) is 7.47. The molecule has 0 saturated carbocycles. The van der Waals surface area contributed by atoms with Gasteiger partial charge in [-0.1, -0.05) is 0 Å². The molecule has 0 aliphatic carbocycles. The number of likely N-dealkylation sites (tertiary alicyclic amines) is 2. The highest BCUT2D eigenvalue weighted by atomic mass is 16.2. The molecule has 2 fully saturated rings. The normalized spacial score (nSPS) is 24.3. The van der Waals surface area contributed by atoms with Gasteiger partial charge in [-0.15, -0.1) is 0 Å². The van der Waals surface area contributed by atoms with Crippen molar-refractivity contribution in [3.63, 3.8) is 0 Å². The number of fused-ring (bicyclic) bond motifs is 1. The van der Waals surface area contributed by atoms with E-state index in [0.29, 0.717) is 18.3 Å². The average molecular weight is 287 g/mol. The molecule has 2 atom stereocenters. The highest BCUT2D eigenvalue weighted by Gasteiger charge is 2.42. The van der Waals surface area contributed by atoms with Crippen LogP contribution in [0, 0.1) is 18.8 Å². The summed E-state index contributed by atoms with van der Waals surface area (Å²) in [6.45, 7) is 6.79. The molecule has 0 radical (unpaired) electrons. The van der Waals surface area contributed by atoms with Crippen LogP contribution in [0.5, 0.6) is 0 Å². The molecule has 0 unspecified atom stereocenters. The number of hydrogen-bond donors (Lipinski definition) is 0.